The summed E-state index contributed by atoms with van der Waals surface area (Å²) in [6, 6.07) is 3.94. The van der Waals surface area contributed by atoms with Crippen molar-refractivity contribution >= 4 is 5.91 Å². The number of rotatable bonds is 4. The minimum Gasteiger partial charge on any atom is -0.381 e. The lowest BCUT2D eigenvalue weighted by Gasteiger charge is -2.30. The highest BCUT2D eigenvalue weighted by Gasteiger charge is 2.40. The van der Waals surface area contributed by atoms with Crippen LogP contribution < -0.4 is 5.32 Å². The van der Waals surface area contributed by atoms with E-state index in [0.29, 0.717) is 32.6 Å². The van der Waals surface area contributed by atoms with E-state index in [2.05, 4.69) is 16.5 Å². The van der Waals surface area contributed by atoms with Gasteiger partial charge in [0.1, 0.15) is 5.41 Å². The maximum Gasteiger partial charge on any atom is 0.240 e. The Morgan fingerprint density at radius 3 is 2.95 bits per heavy atom. The first kappa shape index (κ1) is 13.6. The Hall–Kier alpha value is -1.87. The Labute approximate surface area is 112 Å². The van der Waals surface area contributed by atoms with Crippen LogP contribution >= 0.6 is 0 Å². The Morgan fingerprint density at radius 1 is 1.63 bits per heavy atom. The van der Waals surface area contributed by atoms with Crippen molar-refractivity contribution in [2.75, 3.05) is 13.2 Å². The van der Waals surface area contributed by atoms with Crippen molar-refractivity contribution in [1.29, 1.82) is 5.26 Å². The number of hydrogen-bond donors (Lipinski definition) is 1. The van der Waals surface area contributed by atoms with Crippen molar-refractivity contribution in [1.82, 2.24) is 15.1 Å². The Bertz CT molecular complexity index is 457. The highest BCUT2D eigenvalue weighted by molar-refractivity contribution is 5.85. The standard InChI is InChI=1S/C13H18N4O2/c1-11(9-17-6-2-5-15-17)16-12(18)13(10-14)3-7-19-8-4-13/h2,5-6,11H,3-4,7-9H2,1H3,(H,16,18). The van der Waals surface area contributed by atoms with Gasteiger partial charge in [-0.15, -0.1) is 0 Å². The van der Waals surface area contributed by atoms with E-state index in [1.807, 2.05) is 19.2 Å². The van der Waals surface area contributed by atoms with Crippen LogP contribution in [-0.4, -0.2) is 34.9 Å². The van der Waals surface area contributed by atoms with Crippen LogP contribution in [0.2, 0.25) is 0 Å². The second-order valence-electron chi connectivity index (χ2n) is 4.91. The van der Waals surface area contributed by atoms with Gasteiger partial charge in [0.2, 0.25) is 5.91 Å². The van der Waals surface area contributed by atoms with Crippen LogP contribution in [0.1, 0.15) is 19.8 Å². The monoisotopic (exact) mass is 262 g/mol. The minimum absolute atomic E-state index is 0.0690. The minimum atomic E-state index is -0.934. The van der Waals surface area contributed by atoms with Crippen molar-refractivity contribution in [2.45, 2.75) is 32.4 Å². The van der Waals surface area contributed by atoms with Crippen LogP contribution in [0.15, 0.2) is 18.5 Å². The fourth-order valence-electron chi connectivity index (χ4n) is 2.21. The average molecular weight is 262 g/mol. The van der Waals surface area contributed by atoms with E-state index in [9.17, 15) is 10.1 Å². The highest BCUT2D eigenvalue weighted by atomic mass is 16.5. The fraction of sp³-hybridized carbons (Fsp3) is 0.615. The summed E-state index contributed by atoms with van der Waals surface area (Å²) >= 11 is 0. The normalized spacial score (nSPS) is 19.4. The molecule has 1 amide bonds. The van der Waals surface area contributed by atoms with E-state index in [1.165, 1.54) is 0 Å². The molecule has 1 aliphatic rings. The Kier molecular flexibility index (Phi) is 4.17. The van der Waals surface area contributed by atoms with Gasteiger partial charge in [0.05, 0.1) is 12.6 Å². The molecule has 0 bridgehead atoms. The molecule has 102 valence electrons. The van der Waals surface area contributed by atoms with Crippen molar-refractivity contribution in [2.24, 2.45) is 5.41 Å². The van der Waals surface area contributed by atoms with E-state index in [-0.39, 0.29) is 11.9 Å². The zero-order chi connectivity index (χ0) is 13.7. The lowest BCUT2D eigenvalue weighted by atomic mass is 9.80. The molecule has 6 nitrogen and oxygen atoms in total. The SMILES string of the molecule is CC(Cn1cccn1)NC(=O)C1(C#N)CCOCC1. The van der Waals surface area contributed by atoms with Gasteiger partial charge in [-0.25, -0.2) is 0 Å². The summed E-state index contributed by atoms with van der Waals surface area (Å²) in [5.74, 6) is -0.196. The third-order valence-electron chi connectivity index (χ3n) is 3.39. The van der Waals surface area contributed by atoms with Gasteiger partial charge in [-0.2, -0.15) is 10.4 Å². The number of carbonyl (C=O) groups is 1. The number of nitrogens with zero attached hydrogens (tertiary/aromatic N) is 3. The lowest BCUT2D eigenvalue weighted by molar-refractivity contribution is -0.133. The molecule has 1 unspecified atom stereocenters. The second kappa shape index (κ2) is 5.85. The van der Waals surface area contributed by atoms with Crippen LogP contribution in [0.3, 0.4) is 0 Å². The summed E-state index contributed by atoms with van der Waals surface area (Å²) < 4.78 is 6.98. The van der Waals surface area contributed by atoms with E-state index < -0.39 is 5.41 Å². The molecular formula is C13H18N4O2. The molecule has 6 heteroatoms. The third-order valence-corrected chi connectivity index (χ3v) is 3.39. The number of amides is 1. The van der Waals surface area contributed by atoms with Gasteiger partial charge >= 0.3 is 0 Å². The first-order chi connectivity index (χ1) is 9.16. The van der Waals surface area contributed by atoms with Gasteiger partial charge in [-0.1, -0.05) is 0 Å². The molecule has 1 saturated heterocycles. The van der Waals surface area contributed by atoms with Gasteiger partial charge in [0, 0.05) is 31.6 Å². The predicted molar refractivity (Wildman–Crippen MR) is 67.9 cm³/mol. The molecule has 1 aromatic rings. The first-order valence-corrected chi connectivity index (χ1v) is 6.44. The number of nitriles is 1. The molecule has 1 aromatic heterocycles. The zero-order valence-corrected chi connectivity index (χ0v) is 11.0. The summed E-state index contributed by atoms with van der Waals surface area (Å²) in [7, 11) is 0. The second-order valence-corrected chi connectivity index (χ2v) is 4.91. The van der Waals surface area contributed by atoms with Crippen LogP contribution in [0.25, 0.3) is 0 Å². The zero-order valence-electron chi connectivity index (χ0n) is 11.0. The molecule has 0 aromatic carbocycles. The van der Waals surface area contributed by atoms with Crippen molar-refractivity contribution in [3.05, 3.63) is 18.5 Å². The number of aromatic nitrogens is 2. The summed E-state index contributed by atoms with van der Waals surface area (Å²) in [4.78, 5) is 12.3. The largest absolute Gasteiger partial charge is 0.381 e. The van der Waals surface area contributed by atoms with Crippen LogP contribution in [-0.2, 0) is 16.1 Å². The van der Waals surface area contributed by atoms with E-state index in [1.54, 1.807) is 10.9 Å². The highest BCUT2D eigenvalue weighted by Crippen LogP contribution is 2.29. The topological polar surface area (TPSA) is 79.9 Å². The quantitative estimate of drug-likeness (QED) is 0.866. The predicted octanol–water partition coefficient (Wildman–Crippen LogP) is 0.708. The summed E-state index contributed by atoms with van der Waals surface area (Å²) in [5.41, 5.74) is -0.934. The van der Waals surface area contributed by atoms with Gasteiger partial charge in [-0.05, 0) is 25.8 Å². The van der Waals surface area contributed by atoms with Crippen molar-refractivity contribution < 1.29 is 9.53 Å². The molecule has 2 heterocycles. The molecule has 1 atom stereocenters. The van der Waals surface area contributed by atoms with Crippen LogP contribution in [0.4, 0.5) is 0 Å². The van der Waals surface area contributed by atoms with E-state index in [4.69, 9.17) is 4.74 Å². The van der Waals surface area contributed by atoms with E-state index in [0.717, 1.165) is 0 Å². The smallest absolute Gasteiger partial charge is 0.240 e. The number of nitrogens with one attached hydrogen (secondary N) is 1. The Balaban J connectivity index is 1.94. The fourth-order valence-corrected chi connectivity index (χ4v) is 2.21. The van der Waals surface area contributed by atoms with Crippen LogP contribution in [0.5, 0.6) is 0 Å². The van der Waals surface area contributed by atoms with Gasteiger partial charge in [0.15, 0.2) is 0 Å². The molecule has 1 N–H and O–H groups in total. The molecule has 0 radical (unpaired) electrons. The molecule has 1 fully saturated rings. The Morgan fingerprint density at radius 2 is 2.37 bits per heavy atom. The summed E-state index contributed by atoms with van der Waals surface area (Å²) in [5, 5.41) is 16.3. The molecule has 0 saturated carbocycles. The van der Waals surface area contributed by atoms with Gasteiger partial charge < -0.3 is 10.1 Å². The van der Waals surface area contributed by atoms with Crippen molar-refractivity contribution in [3.8, 4) is 6.07 Å². The number of hydrogen-bond acceptors (Lipinski definition) is 4. The number of ether oxygens (including phenoxy) is 1. The van der Waals surface area contributed by atoms with Crippen LogP contribution in [0, 0.1) is 16.7 Å². The lowest BCUT2D eigenvalue weighted by Crippen LogP contribution is -2.47. The summed E-state index contributed by atoms with van der Waals surface area (Å²) in [6.07, 6.45) is 4.47. The maximum atomic E-state index is 12.3. The summed E-state index contributed by atoms with van der Waals surface area (Å²) in [6.45, 7) is 3.43. The number of carbonyl (C=O) groups excluding carboxylic acids is 1. The molecule has 2 rings (SSSR count). The molecular weight excluding hydrogens is 244 g/mol. The molecule has 0 spiro atoms. The average Bonchev–Trinajstić information content (AvgIpc) is 2.92. The third kappa shape index (κ3) is 3.12. The van der Waals surface area contributed by atoms with Gasteiger partial charge in [-0.3, -0.25) is 9.48 Å². The molecule has 1 aliphatic heterocycles. The van der Waals surface area contributed by atoms with Crippen molar-refractivity contribution in [3.63, 3.8) is 0 Å². The molecule has 19 heavy (non-hydrogen) atoms. The van der Waals surface area contributed by atoms with E-state index >= 15 is 0 Å². The first-order valence-electron chi connectivity index (χ1n) is 6.44. The van der Waals surface area contributed by atoms with Gasteiger partial charge in [0.25, 0.3) is 0 Å². The molecule has 0 aliphatic carbocycles. The maximum absolute atomic E-state index is 12.3.